The summed E-state index contributed by atoms with van der Waals surface area (Å²) in [5, 5.41) is 3.28. The van der Waals surface area contributed by atoms with Crippen molar-refractivity contribution >= 4 is 0 Å². The fraction of sp³-hybridized carbons (Fsp3) is 0.643. The van der Waals surface area contributed by atoms with Crippen LogP contribution in [0.4, 0.5) is 0 Å². The average Bonchev–Trinajstić information content (AvgIpc) is 2.31. The van der Waals surface area contributed by atoms with Gasteiger partial charge in [-0.15, -0.1) is 0 Å². The first kappa shape index (κ1) is 12.4. The largest absolute Gasteiger partial charge is 0.478 e. The van der Waals surface area contributed by atoms with Crippen molar-refractivity contribution < 1.29 is 4.74 Å². The highest BCUT2D eigenvalue weighted by atomic mass is 16.5. The molecular formula is C14H22N2O. The van der Waals surface area contributed by atoms with E-state index < -0.39 is 0 Å². The number of rotatable bonds is 7. The predicted molar refractivity (Wildman–Crippen MR) is 69.1 cm³/mol. The van der Waals surface area contributed by atoms with Gasteiger partial charge in [-0.3, -0.25) is 0 Å². The summed E-state index contributed by atoms with van der Waals surface area (Å²) in [5.41, 5.74) is 1.21. The number of hydrogen-bond acceptors (Lipinski definition) is 3. The first-order valence-corrected chi connectivity index (χ1v) is 6.67. The van der Waals surface area contributed by atoms with Gasteiger partial charge < -0.3 is 10.1 Å². The Kier molecular flexibility index (Phi) is 4.80. The van der Waals surface area contributed by atoms with Crippen molar-refractivity contribution in [3.05, 3.63) is 23.9 Å². The van der Waals surface area contributed by atoms with Gasteiger partial charge in [-0.2, -0.15) is 0 Å². The normalized spacial score (nSPS) is 15.6. The molecule has 0 saturated heterocycles. The van der Waals surface area contributed by atoms with Crippen LogP contribution in [-0.2, 0) is 6.54 Å². The second-order valence-corrected chi connectivity index (χ2v) is 4.72. The highest BCUT2D eigenvalue weighted by Gasteiger charge is 2.16. The molecule has 1 aromatic heterocycles. The van der Waals surface area contributed by atoms with Crippen LogP contribution in [0.25, 0.3) is 0 Å². The van der Waals surface area contributed by atoms with E-state index in [0.717, 1.165) is 31.5 Å². The molecule has 0 aromatic carbocycles. The molecule has 3 nitrogen and oxygen atoms in total. The molecular weight excluding hydrogens is 212 g/mol. The summed E-state index contributed by atoms with van der Waals surface area (Å²) in [5.74, 6) is 1.66. The summed E-state index contributed by atoms with van der Waals surface area (Å²) in [6.45, 7) is 4.78. The third kappa shape index (κ3) is 4.00. The standard InChI is InChI=1S/C14H22N2O/c1-2-15-10-13-6-7-14(16-11-13)17-9-8-12-4-3-5-12/h6-7,11-12,15H,2-5,8-10H2,1H3. The highest BCUT2D eigenvalue weighted by molar-refractivity contribution is 5.17. The molecule has 0 aliphatic heterocycles. The molecule has 1 aromatic rings. The van der Waals surface area contributed by atoms with Crippen LogP contribution in [0, 0.1) is 5.92 Å². The summed E-state index contributed by atoms with van der Waals surface area (Å²) < 4.78 is 5.64. The molecule has 0 bridgehead atoms. The van der Waals surface area contributed by atoms with Gasteiger partial charge in [0.05, 0.1) is 6.61 Å². The van der Waals surface area contributed by atoms with E-state index in [-0.39, 0.29) is 0 Å². The lowest BCUT2D eigenvalue weighted by Crippen LogP contribution is -2.15. The maximum absolute atomic E-state index is 5.64. The van der Waals surface area contributed by atoms with Crippen molar-refractivity contribution in [2.75, 3.05) is 13.2 Å². The fourth-order valence-corrected chi connectivity index (χ4v) is 1.98. The van der Waals surface area contributed by atoms with Crippen molar-refractivity contribution in [2.24, 2.45) is 5.92 Å². The monoisotopic (exact) mass is 234 g/mol. The van der Waals surface area contributed by atoms with Crippen LogP contribution < -0.4 is 10.1 Å². The molecule has 0 amide bonds. The van der Waals surface area contributed by atoms with Gasteiger partial charge in [0, 0.05) is 18.8 Å². The van der Waals surface area contributed by atoms with Crippen LogP contribution in [0.1, 0.15) is 38.2 Å². The first-order valence-electron chi connectivity index (χ1n) is 6.67. The molecule has 1 heterocycles. The van der Waals surface area contributed by atoms with Crippen molar-refractivity contribution in [2.45, 2.75) is 39.2 Å². The van der Waals surface area contributed by atoms with Crippen LogP contribution in [0.3, 0.4) is 0 Å². The van der Waals surface area contributed by atoms with Crippen molar-refractivity contribution in [1.82, 2.24) is 10.3 Å². The van der Waals surface area contributed by atoms with Gasteiger partial charge in [-0.25, -0.2) is 4.98 Å². The Morgan fingerprint density at radius 2 is 2.29 bits per heavy atom. The lowest BCUT2D eigenvalue weighted by atomic mass is 9.83. The average molecular weight is 234 g/mol. The van der Waals surface area contributed by atoms with Gasteiger partial charge in [-0.1, -0.05) is 32.3 Å². The van der Waals surface area contributed by atoms with E-state index in [0.29, 0.717) is 0 Å². The maximum atomic E-state index is 5.64. The molecule has 3 heteroatoms. The van der Waals surface area contributed by atoms with Crippen LogP contribution in [0.5, 0.6) is 5.88 Å². The SMILES string of the molecule is CCNCc1ccc(OCCC2CCC2)nc1. The second-order valence-electron chi connectivity index (χ2n) is 4.72. The smallest absolute Gasteiger partial charge is 0.213 e. The van der Waals surface area contributed by atoms with Gasteiger partial charge >= 0.3 is 0 Å². The summed E-state index contributed by atoms with van der Waals surface area (Å²) in [7, 11) is 0. The summed E-state index contributed by atoms with van der Waals surface area (Å²) in [6.07, 6.45) is 7.25. The number of pyridine rings is 1. The third-order valence-electron chi connectivity index (χ3n) is 3.38. The molecule has 0 radical (unpaired) electrons. The summed E-state index contributed by atoms with van der Waals surface area (Å²) >= 11 is 0. The van der Waals surface area contributed by atoms with E-state index >= 15 is 0 Å². The highest BCUT2D eigenvalue weighted by Crippen LogP contribution is 2.29. The van der Waals surface area contributed by atoms with Crippen LogP contribution in [0.15, 0.2) is 18.3 Å². The minimum atomic E-state index is 0.754. The van der Waals surface area contributed by atoms with E-state index in [1.165, 1.54) is 31.2 Å². The summed E-state index contributed by atoms with van der Waals surface area (Å²) in [6, 6.07) is 4.04. The molecule has 1 aliphatic rings. The van der Waals surface area contributed by atoms with E-state index in [9.17, 15) is 0 Å². The Morgan fingerprint density at radius 1 is 1.41 bits per heavy atom. The van der Waals surface area contributed by atoms with E-state index in [2.05, 4.69) is 23.3 Å². The van der Waals surface area contributed by atoms with Crippen LogP contribution >= 0.6 is 0 Å². The van der Waals surface area contributed by atoms with Gasteiger partial charge in [0.1, 0.15) is 0 Å². The van der Waals surface area contributed by atoms with Crippen LogP contribution in [0.2, 0.25) is 0 Å². The number of nitrogens with zero attached hydrogens (tertiary/aromatic N) is 1. The lowest BCUT2D eigenvalue weighted by molar-refractivity contribution is 0.217. The van der Waals surface area contributed by atoms with Crippen molar-refractivity contribution in [3.63, 3.8) is 0 Å². The Bertz CT molecular complexity index is 319. The zero-order valence-electron chi connectivity index (χ0n) is 10.6. The molecule has 94 valence electrons. The minimum absolute atomic E-state index is 0.754. The first-order chi connectivity index (χ1) is 8.38. The van der Waals surface area contributed by atoms with Gasteiger partial charge in [0.2, 0.25) is 5.88 Å². The van der Waals surface area contributed by atoms with Crippen LogP contribution in [-0.4, -0.2) is 18.1 Å². The number of nitrogens with one attached hydrogen (secondary N) is 1. The molecule has 0 spiro atoms. The quantitative estimate of drug-likeness (QED) is 0.787. The molecule has 2 rings (SSSR count). The lowest BCUT2D eigenvalue weighted by Gasteiger charge is -2.24. The second kappa shape index (κ2) is 6.60. The Hall–Kier alpha value is -1.09. The van der Waals surface area contributed by atoms with Gasteiger partial charge in [0.15, 0.2) is 0 Å². The molecule has 17 heavy (non-hydrogen) atoms. The number of hydrogen-bond donors (Lipinski definition) is 1. The topological polar surface area (TPSA) is 34.1 Å². The van der Waals surface area contributed by atoms with Gasteiger partial charge in [-0.05, 0) is 24.4 Å². The zero-order chi connectivity index (χ0) is 11.9. The van der Waals surface area contributed by atoms with Crippen molar-refractivity contribution in [1.29, 1.82) is 0 Å². The minimum Gasteiger partial charge on any atom is -0.478 e. The number of aromatic nitrogens is 1. The molecule has 1 aliphatic carbocycles. The Morgan fingerprint density at radius 3 is 2.88 bits per heavy atom. The molecule has 0 atom stereocenters. The Balaban J connectivity index is 1.69. The van der Waals surface area contributed by atoms with E-state index in [4.69, 9.17) is 4.74 Å². The Labute approximate surface area is 104 Å². The zero-order valence-corrected chi connectivity index (χ0v) is 10.6. The van der Waals surface area contributed by atoms with Gasteiger partial charge in [0.25, 0.3) is 0 Å². The van der Waals surface area contributed by atoms with Crippen molar-refractivity contribution in [3.8, 4) is 5.88 Å². The molecule has 1 saturated carbocycles. The third-order valence-corrected chi connectivity index (χ3v) is 3.38. The summed E-state index contributed by atoms with van der Waals surface area (Å²) in [4.78, 5) is 4.31. The maximum Gasteiger partial charge on any atom is 0.213 e. The molecule has 1 N–H and O–H groups in total. The van der Waals surface area contributed by atoms with E-state index in [1.807, 2.05) is 12.3 Å². The molecule has 1 fully saturated rings. The fourth-order valence-electron chi connectivity index (χ4n) is 1.98. The van der Waals surface area contributed by atoms with E-state index in [1.54, 1.807) is 0 Å². The molecule has 0 unspecified atom stereocenters. The predicted octanol–water partition coefficient (Wildman–Crippen LogP) is 2.76. The number of ether oxygens (including phenoxy) is 1.